The number of nitrogens with zero attached hydrogens (tertiary/aromatic N) is 4. The van der Waals surface area contributed by atoms with E-state index in [4.69, 9.17) is 16.9 Å². The van der Waals surface area contributed by atoms with Crippen molar-refractivity contribution >= 4 is 29.2 Å². The van der Waals surface area contributed by atoms with Crippen LogP contribution in [-0.2, 0) is 4.74 Å². The number of hydrogen-bond donors (Lipinski definition) is 2. The molecule has 3 aromatic rings. The Labute approximate surface area is 157 Å². The van der Waals surface area contributed by atoms with Crippen molar-refractivity contribution in [2.45, 2.75) is 0 Å². The SMILES string of the molecule is COC(=O)c1cc(C#N)c(Cl)cc1NC(=O)c1ccc(-c2cn[nH]c2)nn1. The van der Waals surface area contributed by atoms with Crippen LogP contribution in [0.4, 0.5) is 5.69 Å². The first kappa shape index (κ1) is 18.0. The molecule has 0 bridgehead atoms. The topological polar surface area (TPSA) is 134 Å². The van der Waals surface area contributed by atoms with Crippen LogP contribution in [0.15, 0.2) is 36.7 Å². The van der Waals surface area contributed by atoms with Crippen molar-refractivity contribution in [1.82, 2.24) is 20.4 Å². The zero-order chi connectivity index (χ0) is 19.4. The Hall–Kier alpha value is -3.77. The van der Waals surface area contributed by atoms with E-state index in [-0.39, 0.29) is 27.5 Å². The molecule has 0 aliphatic rings. The number of ether oxygens (including phenoxy) is 1. The summed E-state index contributed by atoms with van der Waals surface area (Å²) in [7, 11) is 1.19. The van der Waals surface area contributed by atoms with Crippen molar-refractivity contribution in [3.8, 4) is 17.3 Å². The standard InChI is InChI=1S/C17H11ClN6O3/c1-27-17(26)11-4-9(6-19)12(18)5-15(11)22-16(25)14-3-2-13(23-24-14)10-7-20-21-8-10/h2-5,7-8H,1H3,(H,20,21)(H,22,25). The molecule has 0 aliphatic carbocycles. The van der Waals surface area contributed by atoms with Gasteiger partial charge in [0.05, 0.1) is 40.8 Å². The van der Waals surface area contributed by atoms with Gasteiger partial charge in [-0.2, -0.15) is 10.4 Å². The highest BCUT2D eigenvalue weighted by molar-refractivity contribution is 6.32. The van der Waals surface area contributed by atoms with Gasteiger partial charge >= 0.3 is 5.97 Å². The highest BCUT2D eigenvalue weighted by atomic mass is 35.5. The number of benzene rings is 1. The minimum absolute atomic E-state index is 0.00484. The van der Waals surface area contributed by atoms with E-state index >= 15 is 0 Å². The number of esters is 1. The second-order valence-electron chi connectivity index (χ2n) is 5.23. The van der Waals surface area contributed by atoms with Crippen LogP contribution in [0.25, 0.3) is 11.3 Å². The second-order valence-corrected chi connectivity index (χ2v) is 5.63. The highest BCUT2D eigenvalue weighted by Gasteiger charge is 2.19. The molecule has 3 rings (SSSR count). The summed E-state index contributed by atoms with van der Waals surface area (Å²) in [5.74, 6) is -1.33. The molecule has 0 radical (unpaired) electrons. The molecule has 2 N–H and O–H groups in total. The molecule has 9 nitrogen and oxygen atoms in total. The lowest BCUT2D eigenvalue weighted by Crippen LogP contribution is -2.17. The number of methoxy groups -OCH3 is 1. The molecule has 0 saturated heterocycles. The third-order valence-electron chi connectivity index (χ3n) is 3.57. The normalized spacial score (nSPS) is 10.1. The fourth-order valence-corrected chi connectivity index (χ4v) is 2.43. The van der Waals surface area contributed by atoms with E-state index in [0.29, 0.717) is 5.69 Å². The number of nitrogens with one attached hydrogen (secondary N) is 2. The molecule has 1 aromatic carbocycles. The number of aromatic nitrogens is 4. The summed E-state index contributed by atoms with van der Waals surface area (Å²) in [5, 5.41) is 26.0. The van der Waals surface area contributed by atoms with Gasteiger partial charge in [-0.1, -0.05) is 11.6 Å². The van der Waals surface area contributed by atoms with Gasteiger partial charge in [-0.3, -0.25) is 9.89 Å². The smallest absolute Gasteiger partial charge is 0.340 e. The van der Waals surface area contributed by atoms with Gasteiger partial charge in [0, 0.05) is 11.8 Å². The van der Waals surface area contributed by atoms with Crippen molar-refractivity contribution in [3.05, 3.63) is 58.5 Å². The third kappa shape index (κ3) is 3.75. The van der Waals surface area contributed by atoms with Crippen LogP contribution in [0, 0.1) is 11.3 Å². The Morgan fingerprint density at radius 2 is 2.11 bits per heavy atom. The lowest BCUT2D eigenvalue weighted by molar-refractivity contribution is 0.0602. The average Bonchev–Trinajstić information content (AvgIpc) is 3.22. The number of hydrogen-bond acceptors (Lipinski definition) is 7. The molecule has 10 heteroatoms. The van der Waals surface area contributed by atoms with E-state index in [1.165, 1.54) is 25.3 Å². The van der Waals surface area contributed by atoms with Gasteiger partial charge in [-0.05, 0) is 24.3 Å². The molecule has 2 aromatic heterocycles. The van der Waals surface area contributed by atoms with Crippen LogP contribution in [0.1, 0.15) is 26.4 Å². The summed E-state index contributed by atoms with van der Waals surface area (Å²) in [4.78, 5) is 24.4. The van der Waals surface area contributed by atoms with Crippen molar-refractivity contribution < 1.29 is 14.3 Å². The van der Waals surface area contributed by atoms with Gasteiger partial charge < -0.3 is 10.1 Å². The van der Waals surface area contributed by atoms with E-state index < -0.39 is 11.9 Å². The van der Waals surface area contributed by atoms with Crippen molar-refractivity contribution in [2.24, 2.45) is 0 Å². The summed E-state index contributed by atoms with van der Waals surface area (Å²) >= 11 is 5.99. The fourth-order valence-electron chi connectivity index (χ4n) is 2.23. The van der Waals surface area contributed by atoms with Gasteiger partial charge in [0.15, 0.2) is 5.69 Å². The number of amides is 1. The molecular weight excluding hydrogens is 372 g/mol. The largest absolute Gasteiger partial charge is 0.465 e. The van der Waals surface area contributed by atoms with Crippen molar-refractivity contribution in [2.75, 3.05) is 12.4 Å². The number of nitriles is 1. The van der Waals surface area contributed by atoms with E-state index in [9.17, 15) is 9.59 Å². The number of aromatic amines is 1. The minimum Gasteiger partial charge on any atom is -0.465 e. The lowest BCUT2D eigenvalue weighted by Gasteiger charge is -2.11. The molecular formula is C17H11ClN6O3. The number of halogens is 1. The Balaban J connectivity index is 1.88. The summed E-state index contributed by atoms with van der Waals surface area (Å²) < 4.78 is 4.68. The van der Waals surface area contributed by atoms with E-state index in [2.05, 4.69) is 30.4 Å². The molecule has 1 amide bonds. The van der Waals surface area contributed by atoms with Gasteiger partial charge in [0.25, 0.3) is 5.91 Å². The quantitative estimate of drug-likeness (QED) is 0.661. The van der Waals surface area contributed by atoms with Crippen LogP contribution in [0.5, 0.6) is 0 Å². The Bertz CT molecular complexity index is 1040. The molecule has 0 fully saturated rings. The van der Waals surface area contributed by atoms with Gasteiger partial charge in [-0.15, -0.1) is 10.2 Å². The van der Waals surface area contributed by atoms with Crippen molar-refractivity contribution in [1.29, 1.82) is 5.26 Å². The molecule has 0 atom stereocenters. The van der Waals surface area contributed by atoms with Crippen LogP contribution < -0.4 is 5.32 Å². The third-order valence-corrected chi connectivity index (χ3v) is 3.89. The average molecular weight is 383 g/mol. The molecule has 0 unspecified atom stereocenters. The van der Waals surface area contributed by atoms with Crippen LogP contribution >= 0.6 is 11.6 Å². The number of carbonyl (C=O) groups excluding carboxylic acids is 2. The van der Waals surface area contributed by atoms with E-state index in [1.54, 1.807) is 18.5 Å². The van der Waals surface area contributed by atoms with Crippen molar-refractivity contribution in [3.63, 3.8) is 0 Å². The maximum Gasteiger partial charge on any atom is 0.340 e. The number of carbonyl (C=O) groups is 2. The van der Waals surface area contributed by atoms with Gasteiger partial charge in [0.1, 0.15) is 6.07 Å². The summed E-state index contributed by atoms with van der Waals surface area (Å²) in [6, 6.07) is 7.51. The van der Waals surface area contributed by atoms with Gasteiger partial charge in [0.2, 0.25) is 0 Å². The summed E-state index contributed by atoms with van der Waals surface area (Å²) in [5.41, 5.74) is 1.46. The molecule has 0 spiro atoms. The molecule has 27 heavy (non-hydrogen) atoms. The Morgan fingerprint density at radius 1 is 1.30 bits per heavy atom. The maximum atomic E-state index is 12.4. The van der Waals surface area contributed by atoms with Crippen LogP contribution in [0.3, 0.4) is 0 Å². The van der Waals surface area contributed by atoms with E-state index in [0.717, 1.165) is 5.56 Å². The van der Waals surface area contributed by atoms with Crippen LogP contribution in [0.2, 0.25) is 5.02 Å². The fraction of sp³-hybridized carbons (Fsp3) is 0.0588. The van der Waals surface area contributed by atoms with Crippen LogP contribution in [-0.4, -0.2) is 39.4 Å². The molecule has 0 saturated carbocycles. The first-order valence-corrected chi connectivity index (χ1v) is 7.87. The van der Waals surface area contributed by atoms with E-state index in [1.807, 2.05) is 6.07 Å². The summed E-state index contributed by atoms with van der Waals surface area (Å²) in [6.45, 7) is 0. The maximum absolute atomic E-state index is 12.4. The zero-order valence-electron chi connectivity index (χ0n) is 13.9. The predicted octanol–water partition coefficient (Wildman–Crippen LogP) is 2.43. The monoisotopic (exact) mass is 382 g/mol. The number of rotatable bonds is 4. The first-order chi connectivity index (χ1) is 13.0. The second kappa shape index (κ2) is 7.63. The highest BCUT2D eigenvalue weighted by Crippen LogP contribution is 2.26. The molecule has 2 heterocycles. The zero-order valence-corrected chi connectivity index (χ0v) is 14.6. The minimum atomic E-state index is -0.722. The first-order valence-electron chi connectivity index (χ1n) is 7.49. The predicted molar refractivity (Wildman–Crippen MR) is 95.1 cm³/mol. The Kier molecular flexibility index (Phi) is 5.10. The summed E-state index contributed by atoms with van der Waals surface area (Å²) in [6.07, 6.45) is 3.22. The number of anilines is 1. The molecule has 0 aliphatic heterocycles. The number of H-pyrrole nitrogens is 1. The van der Waals surface area contributed by atoms with Gasteiger partial charge in [-0.25, -0.2) is 4.79 Å². The Morgan fingerprint density at radius 3 is 2.70 bits per heavy atom. The lowest BCUT2D eigenvalue weighted by atomic mass is 10.1. The molecule has 134 valence electrons.